The zero-order valence-corrected chi connectivity index (χ0v) is 11.7. The molecule has 1 aromatic rings. The Balaban J connectivity index is 2.81. The summed E-state index contributed by atoms with van der Waals surface area (Å²) in [5.41, 5.74) is -0.115. The number of hydrogen-bond donors (Lipinski definition) is 2. The van der Waals surface area contributed by atoms with E-state index in [0.29, 0.717) is 5.56 Å². The van der Waals surface area contributed by atoms with Gasteiger partial charge in [-0.1, -0.05) is 30.3 Å². The third kappa shape index (κ3) is 4.89. The Kier molecular flexibility index (Phi) is 5.10. The Bertz CT molecular complexity index is 466. The highest BCUT2D eigenvalue weighted by molar-refractivity contribution is 5.79. The summed E-state index contributed by atoms with van der Waals surface area (Å²) in [5.74, 6) is -1.30. The van der Waals surface area contributed by atoms with Gasteiger partial charge in [0.05, 0.1) is 0 Å². The number of hydroxylamine groups is 2. The summed E-state index contributed by atoms with van der Waals surface area (Å²) in [6, 6.07) is 7.35. The Hall–Kier alpha value is -2.08. The lowest BCUT2D eigenvalue weighted by Crippen LogP contribution is -2.46. The monoisotopic (exact) mass is 281 g/mol. The second-order valence-electron chi connectivity index (χ2n) is 5.37. The van der Waals surface area contributed by atoms with Crippen LogP contribution >= 0.6 is 0 Å². The highest BCUT2D eigenvalue weighted by Crippen LogP contribution is 2.13. The van der Waals surface area contributed by atoms with Gasteiger partial charge < -0.3 is 9.84 Å². The van der Waals surface area contributed by atoms with Gasteiger partial charge >= 0.3 is 12.1 Å². The van der Waals surface area contributed by atoms with E-state index in [9.17, 15) is 14.8 Å². The zero-order chi connectivity index (χ0) is 15.3. The summed E-state index contributed by atoms with van der Waals surface area (Å²) in [6.07, 6.45) is -1.09. The Labute approximate surface area is 117 Å². The molecule has 0 aliphatic carbocycles. The molecule has 20 heavy (non-hydrogen) atoms. The van der Waals surface area contributed by atoms with E-state index in [1.807, 2.05) is 0 Å². The predicted molar refractivity (Wildman–Crippen MR) is 71.4 cm³/mol. The van der Waals surface area contributed by atoms with Crippen LogP contribution in [0.5, 0.6) is 0 Å². The maximum absolute atomic E-state index is 11.7. The summed E-state index contributed by atoms with van der Waals surface area (Å²) in [5, 5.41) is 19.0. The van der Waals surface area contributed by atoms with Gasteiger partial charge in [-0.25, -0.2) is 9.59 Å². The first-order valence-electron chi connectivity index (χ1n) is 6.18. The number of carbonyl (C=O) groups is 2. The van der Waals surface area contributed by atoms with Crippen LogP contribution in [0.15, 0.2) is 30.3 Å². The van der Waals surface area contributed by atoms with Crippen molar-refractivity contribution in [1.82, 2.24) is 5.06 Å². The van der Waals surface area contributed by atoms with E-state index < -0.39 is 23.7 Å². The molecule has 1 atom stereocenters. The Morgan fingerprint density at radius 1 is 1.25 bits per heavy atom. The summed E-state index contributed by atoms with van der Waals surface area (Å²) in [4.78, 5) is 22.9. The quantitative estimate of drug-likeness (QED) is 0.653. The van der Waals surface area contributed by atoms with Crippen LogP contribution in [0.25, 0.3) is 0 Å². The van der Waals surface area contributed by atoms with Crippen LogP contribution in [0.1, 0.15) is 26.3 Å². The molecular weight excluding hydrogens is 262 g/mol. The summed E-state index contributed by atoms with van der Waals surface area (Å²) >= 11 is 0. The average molecular weight is 281 g/mol. The molecule has 0 heterocycles. The maximum atomic E-state index is 11.7. The van der Waals surface area contributed by atoms with E-state index in [2.05, 4.69) is 0 Å². The summed E-state index contributed by atoms with van der Waals surface area (Å²) in [6.45, 7) is 4.89. The minimum absolute atomic E-state index is 0.00802. The van der Waals surface area contributed by atoms with Crippen molar-refractivity contribution >= 4 is 12.1 Å². The van der Waals surface area contributed by atoms with E-state index in [1.54, 1.807) is 51.1 Å². The van der Waals surface area contributed by atoms with E-state index in [4.69, 9.17) is 9.84 Å². The van der Waals surface area contributed by atoms with Gasteiger partial charge in [-0.3, -0.25) is 5.21 Å². The summed E-state index contributed by atoms with van der Waals surface area (Å²) < 4.78 is 4.94. The lowest BCUT2D eigenvalue weighted by molar-refractivity contribution is -0.164. The molecule has 2 N–H and O–H groups in total. The standard InChI is InChI=1S/C14H19NO5/c1-14(2,3)20-13(18)15(19)11(12(16)17)9-10-7-5-4-6-8-10/h4-8,11,19H,9H2,1-3H3,(H,16,17)/t11-/m0/s1. The second kappa shape index (κ2) is 6.38. The molecule has 0 aliphatic rings. The fourth-order valence-corrected chi connectivity index (χ4v) is 1.55. The van der Waals surface area contributed by atoms with Gasteiger partial charge in [-0.2, -0.15) is 5.06 Å². The number of benzene rings is 1. The van der Waals surface area contributed by atoms with Crippen molar-refractivity contribution in [2.24, 2.45) is 0 Å². The molecule has 0 aliphatic heterocycles. The van der Waals surface area contributed by atoms with Crippen LogP contribution in [-0.2, 0) is 16.0 Å². The molecule has 1 rings (SSSR count). The minimum Gasteiger partial charge on any atom is -0.480 e. The Morgan fingerprint density at radius 2 is 1.80 bits per heavy atom. The van der Waals surface area contributed by atoms with Crippen molar-refractivity contribution < 1.29 is 24.6 Å². The zero-order valence-electron chi connectivity index (χ0n) is 11.7. The van der Waals surface area contributed by atoms with Crippen molar-refractivity contribution in [3.63, 3.8) is 0 Å². The van der Waals surface area contributed by atoms with E-state index in [1.165, 1.54) is 0 Å². The van der Waals surface area contributed by atoms with Gasteiger partial charge in [0.15, 0.2) is 6.04 Å². The first-order chi connectivity index (χ1) is 9.20. The molecule has 0 saturated carbocycles. The van der Waals surface area contributed by atoms with Crippen LogP contribution in [0.3, 0.4) is 0 Å². The number of aliphatic carboxylic acids is 1. The number of carbonyl (C=O) groups excluding carboxylic acids is 1. The van der Waals surface area contributed by atoms with E-state index in [-0.39, 0.29) is 11.5 Å². The van der Waals surface area contributed by atoms with Crippen molar-refractivity contribution in [3.8, 4) is 0 Å². The van der Waals surface area contributed by atoms with E-state index >= 15 is 0 Å². The molecule has 0 spiro atoms. The van der Waals surface area contributed by atoms with Crippen LogP contribution in [-0.4, -0.2) is 39.1 Å². The third-order valence-corrected chi connectivity index (χ3v) is 2.43. The molecule has 6 nitrogen and oxygen atoms in total. The maximum Gasteiger partial charge on any atom is 0.435 e. The Morgan fingerprint density at radius 3 is 2.25 bits per heavy atom. The number of hydrogen-bond acceptors (Lipinski definition) is 4. The summed E-state index contributed by atoms with van der Waals surface area (Å²) in [7, 11) is 0. The predicted octanol–water partition coefficient (Wildman–Crippen LogP) is 2.31. The number of amides is 1. The molecule has 0 fully saturated rings. The molecular formula is C14H19NO5. The molecule has 0 unspecified atom stereocenters. The highest BCUT2D eigenvalue weighted by Gasteiger charge is 2.32. The number of ether oxygens (including phenoxy) is 1. The lowest BCUT2D eigenvalue weighted by atomic mass is 10.1. The fourth-order valence-electron chi connectivity index (χ4n) is 1.55. The number of nitrogens with zero attached hydrogens (tertiary/aromatic N) is 1. The highest BCUT2D eigenvalue weighted by atomic mass is 16.6. The van der Waals surface area contributed by atoms with Gasteiger partial charge in [-0.05, 0) is 26.3 Å². The van der Waals surface area contributed by atoms with Crippen molar-refractivity contribution in [1.29, 1.82) is 0 Å². The number of carboxylic acids is 1. The van der Waals surface area contributed by atoms with Gasteiger partial charge in [0, 0.05) is 6.42 Å². The molecule has 0 aromatic heterocycles. The smallest absolute Gasteiger partial charge is 0.435 e. The van der Waals surface area contributed by atoms with Crippen LogP contribution in [0.4, 0.5) is 4.79 Å². The number of carboxylic acid groups (broad SMARTS) is 1. The van der Waals surface area contributed by atoms with Crippen LogP contribution < -0.4 is 0 Å². The molecule has 1 aromatic carbocycles. The first-order valence-corrected chi connectivity index (χ1v) is 6.18. The molecule has 0 bridgehead atoms. The van der Waals surface area contributed by atoms with Gasteiger partial charge in [0.1, 0.15) is 5.60 Å². The molecule has 0 saturated heterocycles. The first kappa shape index (κ1) is 16.0. The van der Waals surface area contributed by atoms with Crippen LogP contribution in [0, 0.1) is 0 Å². The largest absolute Gasteiger partial charge is 0.480 e. The van der Waals surface area contributed by atoms with Crippen molar-refractivity contribution in [2.45, 2.75) is 38.8 Å². The third-order valence-electron chi connectivity index (χ3n) is 2.43. The minimum atomic E-state index is -1.40. The second-order valence-corrected chi connectivity index (χ2v) is 5.37. The van der Waals surface area contributed by atoms with Gasteiger partial charge in [0.25, 0.3) is 0 Å². The fraction of sp³-hybridized carbons (Fsp3) is 0.429. The van der Waals surface area contributed by atoms with Crippen molar-refractivity contribution in [3.05, 3.63) is 35.9 Å². The molecule has 110 valence electrons. The van der Waals surface area contributed by atoms with E-state index in [0.717, 1.165) is 0 Å². The SMILES string of the molecule is CC(C)(C)OC(=O)N(O)[C@@H](Cc1ccccc1)C(=O)O. The number of rotatable bonds is 4. The van der Waals surface area contributed by atoms with Gasteiger partial charge in [0.2, 0.25) is 0 Å². The van der Waals surface area contributed by atoms with Crippen LogP contribution in [0.2, 0.25) is 0 Å². The molecule has 0 radical (unpaired) electrons. The lowest BCUT2D eigenvalue weighted by Gasteiger charge is -2.26. The van der Waals surface area contributed by atoms with Crippen molar-refractivity contribution in [2.75, 3.05) is 0 Å². The molecule has 6 heteroatoms. The average Bonchev–Trinajstić information content (AvgIpc) is 2.34. The molecule has 1 amide bonds. The van der Waals surface area contributed by atoms with Gasteiger partial charge in [-0.15, -0.1) is 0 Å². The normalized spacial score (nSPS) is 12.6. The topological polar surface area (TPSA) is 87.1 Å².